The lowest BCUT2D eigenvalue weighted by molar-refractivity contribution is 0.533. The summed E-state index contributed by atoms with van der Waals surface area (Å²) in [4.78, 5) is 8.40. The van der Waals surface area contributed by atoms with Crippen LogP contribution in [0.15, 0.2) is 22.7 Å². The fraction of sp³-hybridized carbons (Fsp3) is 0.333. The summed E-state index contributed by atoms with van der Waals surface area (Å²) in [6.07, 6.45) is 4.17. The summed E-state index contributed by atoms with van der Waals surface area (Å²) in [7, 11) is 0. The zero-order valence-corrected chi connectivity index (χ0v) is 6.53. The first-order valence-corrected chi connectivity index (χ1v) is 4.15. The standard InChI is InChI=1S/C9H8N2O/c1-2-7-8(10-5-1)11-9(12-7)6-3-4-6/h1-2,5-6H,3-4H2. The van der Waals surface area contributed by atoms with Crippen molar-refractivity contribution in [3.8, 4) is 0 Å². The Morgan fingerprint density at radius 2 is 2.33 bits per heavy atom. The van der Waals surface area contributed by atoms with Gasteiger partial charge in [0.15, 0.2) is 17.1 Å². The van der Waals surface area contributed by atoms with Crippen molar-refractivity contribution in [1.29, 1.82) is 0 Å². The van der Waals surface area contributed by atoms with E-state index in [2.05, 4.69) is 9.97 Å². The Balaban J connectivity index is 2.23. The van der Waals surface area contributed by atoms with E-state index in [1.54, 1.807) is 6.20 Å². The van der Waals surface area contributed by atoms with Gasteiger partial charge >= 0.3 is 0 Å². The van der Waals surface area contributed by atoms with Crippen molar-refractivity contribution in [2.45, 2.75) is 18.8 Å². The average Bonchev–Trinajstić information content (AvgIpc) is 2.85. The quantitative estimate of drug-likeness (QED) is 0.641. The summed E-state index contributed by atoms with van der Waals surface area (Å²) in [5.41, 5.74) is 1.54. The fourth-order valence-corrected chi connectivity index (χ4v) is 1.29. The van der Waals surface area contributed by atoms with Crippen molar-refractivity contribution < 1.29 is 4.42 Å². The minimum absolute atomic E-state index is 0.569. The first-order valence-electron chi connectivity index (χ1n) is 4.15. The molecule has 0 aromatic carbocycles. The molecule has 12 heavy (non-hydrogen) atoms. The largest absolute Gasteiger partial charge is 0.439 e. The lowest BCUT2D eigenvalue weighted by Crippen LogP contribution is -1.76. The lowest BCUT2D eigenvalue weighted by Gasteiger charge is -1.82. The Morgan fingerprint density at radius 1 is 1.42 bits per heavy atom. The minimum atomic E-state index is 0.569. The molecule has 3 heteroatoms. The minimum Gasteiger partial charge on any atom is -0.439 e. The average molecular weight is 160 g/mol. The van der Waals surface area contributed by atoms with Crippen LogP contribution in [-0.2, 0) is 0 Å². The second kappa shape index (κ2) is 2.06. The van der Waals surface area contributed by atoms with Gasteiger partial charge in [0.1, 0.15) is 0 Å². The van der Waals surface area contributed by atoms with E-state index in [-0.39, 0.29) is 0 Å². The van der Waals surface area contributed by atoms with Crippen molar-refractivity contribution in [1.82, 2.24) is 9.97 Å². The second-order valence-corrected chi connectivity index (χ2v) is 3.15. The molecule has 0 N–H and O–H groups in total. The van der Waals surface area contributed by atoms with Gasteiger partial charge in [0.05, 0.1) is 0 Å². The summed E-state index contributed by atoms with van der Waals surface area (Å²) in [6.45, 7) is 0. The maximum absolute atomic E-state index is 5.52. The summed E-state index contributed by atoms with van der Waals surface area (Å²) in [6, 6.07) is 3.77. The molecule has 0 saturated heterocycles. The van der Waals surface area contributed by atoms with Gasteiger partial charge in [-0.15, -0.1) is 0 Å². The molecule has 0 aliphatic heterocycles. The third-order valence-electron chi connectivity index (χ3n) is 2.11. The molecule has 1 fully saturated rings. The van der Waals surface area contributed by atoms with Gasteiger partial charge in [-0.05, 0) is 25.0 Å². The molecule has 0 spiro atoms. The van der Waals surface area contributed by atoms with E-state index in [0.29, 0.717) is 5.92 Å². The molecule has 0 radical (unpaired) electrons. The van der Waals surface area contributed by atoms with Crippen molar-refractivity contribution >= 4 is 11.2 Å². The number of hydrogen-bond acceptors (Lipinski definition) is 3. The summed E-state index contributed by atoms with van der Waals surface area (Å²) in [5.74, 6) is 1.43. The van der Waals surface area contributed by atoms with Gasteiger partial charge in [0.25, 0.3) is 0 Å². The van der Waals surface area contributed by atoms with Gasteiger partial charge in [0.2, 0.25) is 0 Å². The second-order valence-electron chi connectivity index (χ2n) is 3.15. The van der Waals surface area contributed by atoms with Crippen molar-refractivity contribution in [2.75, 3.05) is 0 Å². The third-order valence-corrected chi connectivity index (χ3v) is 2.11. The summed E-state index contributed by atoms with van der Waals surface area (Å²) >= 11 is 0. The molecule has 3 nitrogen and oxygen atoms in total. The van der Waals surface area contributed by atoms with Gasteiger partial charge < -0.3 is 4.42 Å². The lowest BCUT2D eigenvalue weighted by atomic mass is 10.4. The van der Waals surface area contributed by atoms with E-state index in [0.717, 1.165) is 17.1 Å². The molecule has 0 bridgehead atoms. The molecular formula is C9H8N2O. The molecule has 1 aliphatic rings. The SMILES string of the molecule is c1cnc2nc(C3CC3)oc2c1. The van der Waals surface area contributed by atoms with Crippen LogP contribution in [0.1, 0.15) is 24.7 Å². The predicted octanol–water partition coefficient (Wildman–Crippen LogP) is 2.10. The first-order chi connectivity index (χ1) is 5.93. The van der Waals surface area contributed by atoms with E-state index in [1.807, 2.05) is 12.1 Å². The van der Waals surface area contributed by atoms with E-state index in [4.69, 9.17) is 4.42 Å². The van der Waals surface area contributed by atoms with Crippen LogP contribution in [0.5, 0.6) is 0 Å². The van der Waals surface area contributed by atoms with Crippen LogP contribution >= 0.6 is 0 Å². The number of hydrogen-bond donors (Lipinski definition) is 0. The van der Waals surface area contributed by atoms with Crippen LogP contribution < -0.4 is 0 Å². The Bertz CT molecular complexity index is 384. The highest BCUT2D eigenvalue weighted by atomic mass is 16.3. The van der Waals surface area contributed by atoms with Crippen LogP contribution in [0, 0.1) is 0 Å². The van der Waals surface area contributed by atoms with Gasteiger partial charge in [0, 0.05) is 12.1 Å². The third kappa shape index (κ3) is 0.826. The number of nitrogens with zero attached hydrogens (tertiary/aromatic N) is 2. The Hall–Kier alpha value is -1.38. The van der Waals surface area contributed by atoms with Crippen LogP contribution in [0.3, 0.4) is 0 Å². The van der Waals surface area contributed by atoms with E-state index < -0.39 is 0 Å². The molecule has 2 heterocycles. The van der Waals surface area contributed by atoms with E-state index in [9.17, 15) is 0 Å². The zero-order valence-electron chi connectivity index (χ0n) is 6.53. The topological polar surface area (TPSA) is 38.9 Å². The molecule has 0 atom stereocenters. The van der Waals surface area contributed by atoms with Crippen LogP contribution in [0.25, 0.3) is 11.2 Å². The van der Waals surface area contributed by atoms with Crippen molar-refractivity contribution in [2.24, 2.45) is 0 Å². The maximum atomic E-state index is 5.52. The molecule has 1 aliphatic carbocycles. The highest BCUT2D eigenvalue weighted by Gasteiger charge is 2.28. The monoisotopic (exact) mass is 160 g/mol. The molecule has 2 aromatic heterocycles. The highest BCUT2D eigenvalue weighted by Crippen LogP contribution is 2.40. The molecule has 3 rings (SSSR count). The fourth-order valence-electron chi connectivity index (χ4n) is 1.29. The number of pyridine rings is 1. The number of oxazole rings is 1. The van der Waals surface area contributed by atoms with E-state index in [1.165, 1.54) is 12.8 Å². The van der Waals surface area contributed by atoms with Gasteiger partial charge in [-0.25, -0.2) is 4.98 Å². The Morgan fingerprint density at radius 3 is 3.08 bits per heavy atom. The molecule has 1 saturated carbocycles. The normalized spacial score (nSPS) is 17.0. The molecule has 0 unspecified atom stereocenters. The maximum Gasteiger partial charge on any atom is 0.200 e. The molecule has 0 amide bonds. The summed E-state index contributed by atoms with van der Waals surface area (Å²) < 4.78 is 5.52. The van der Waals surface area contributed by atoms with Crippen LogP contribution in [0.2, 0.25) is 0 Å². The van der Waals surface area contributed by atoms with Gasteiger partial charge in [-0.1, -0.05) is 0 Å². The smallest absolute Gasteiger partial charge is 0.200 e. The van der Waals surface area contributed by atoms with Crippen LogP contribution in [-0.4, -0.2) is 9.97 Å². The first kappa shape index (κ1) is 6.17. The molecule has 60 valence electrons. The van der Waals surface area contributed by atoms with Crippen LogP contribution in [0.4, 0.5) is 0 Å². The number of fused-ring (bicyclic) bond motifs is 1. The molecular weight excluding hydrogens is 152 g/mol. The Labute approximate surface area is 69.4 Å². The van der Waals surface area contributed by atoms with Gasteiger partial charge in [-0.3, -0.25) is 0 Å². The molecule has 2 aromatic rings. The van der Waals surface area contributed by atoms with Gasteiger partial charge in [-0.2, -0.15) is 4.98 Å². The number of aromatic nitrogens is 2. The Kier molecular flexibility index (Phi) is 1.06. The van der Waals surface area contributed by atoms with Crippen molar-refractivity contribution in [3.05, 3.63) is 24.2 Å². The number of rotatable bonds is 1. The highest BCUT2D eigenvalue weighted by molar-refractivity contribution is 5.67. The van der Waals surface area contributed by atoms with E-state index >= 15 is 0 Å². The predicted molar refractivity (Wildman–Crippen MR) is 43.8 cm³/mol. The summed E-state index contributed by atoms with van der Waals surface area (Å²) in [5, 5.41) is 0. The van der Waals surface area contributed by atoms with Crippen molar-refractivity contribution in [3.63, 3.8) is 0 Å². The zero-order chi connectivity index (χ0) is 7.97.